The van der Waals surface area contributed by atoms with Crippen LogP contribution in [0.2, 0.25) is 0 Å². The van der Waals surface area contributed by atoms with E-state index in [1.807, 2.05) is 0 Å². The Morgan fingerprint density at radius 2 is 1.81 bits per heavy atom. The van der Waals surface area contributed by atoms with Gasteiger partial charge in [0.05, 0.1) is 5.60 Å². The molecule has 1 aliphatic carbocycles. The molecule has 1 unspecified atom stereocenters. The first-order chi connectivity index (χ1) is 7.57. The Labute approximate surface area is 98.5 Å². The van der Waals surface area contributed by atoms with Crippen molar-refractivity contribution in [1.82, 2.24) is 0 Å². The molecule has 88 valence electrons. The van der Waals surface area contributed by atoms with Gasteiger partial charge in [-0.3, -0.25) is 0 Å². The van der Waals surface area contributed by atoms with Gasteiger partial charge in [0.2, 0.25) is 0 Å². The summed E-state index contributed by atoms with van der Waals surface area (Å²) in [7, 11) is 0. The number of hydrogen-bond donors (Lipinski definition) is 1. The zero-order valence-electron chi connectivity index (χ0n) is 10.6. The lowest BCUT2D eigenvalue weighted by molar-refractivity contribution is 0.0136. The highest BCUT2D eigenvalue weighted by Gasteiger charge is 2.42. The van der Waals surface area contributed by atoms with Crippen molar-refractivity contribution in [3.63, 3.8) is 0 Å². The van der Waals surface area contributed by atoms with Gasteiger partial charge in [-0.1, -0.05) is 25.1 Å². The molecular weight excluding hydrogens is 196 g/mol. The fraction of sp³-hybridized carbons (Fsp3) is 0.600. The summed E-state index contributed by atoms with van der Waals surface area (Å²) in [6.07, 6.45) is 4.10. The largest absolute Gasteiger partial charge is 0.389 e. The minimum absolute atomic E-state index is 0.461. The number of rotatable bonds is 4. The van der Waals surface area contributed by atoms with E-state index in [9.17, 15) is 5.11 Å². The number of benzene rings is 1. The molecule has 0 aliphatic heterocycles. The summed E-state index contributed by atoms with van der Waals surface area (Å²) in [6.45, 7) is 6.39. The minimum Gasteiger partial charge on any atom is -0.389 e. The van der Waals surface area contributed by atoms with Crippen LogP contribution >= 0.6 is 0 Å². The standard InChI is InChI=1S/C15H22O/c1-4-15(16,13-8-9-13)10-14-11(2)6-5-7-12(14)3/h5-7,13,16H,4,8-10H2,1-3H3. The van der Waals surface area contributed by atoms with E-state index >= 15 is 0 Å². The zero-order chi connectivity index (χ0) is 11.8. The molecular formula is C15H22O. The Bertz CT molecular complexity index is 359. The topological polar surface area (TPSA) is 20.2 Å². The van der Waals surface area contributed by atoms with E-state index in [1.165, 1.54) is 29.5 Å². The van der Waals surface area contributed by atoms with Crippen molar-refractivity contribution < 1.29 is 5.11 Å². The molecule has 1 aromatic rings. The molecule has 1 atom stereocenters. The first-order valence-corrected chi connectivity index (χ1v) is 6.34. The van der Waals surface area contributed by atoms with Crippen LogP contribution in [-0.4, -0.2) is 10.7 Å². The Kier molecular flexibility index (Phi) is 3.07. The van der Waals surface area contributed by atoms with E-state index in [1.54, 1.807) is 0 Å². The summed E-state index contributed by atoms with van der Waals surface area (Å²) in [5.41, 5.74) is 3.51. The second kappa shape index (κ2) is 4.21. The third-order valence-electron chi connectivity index (χ3n) is 4.08. The normalized spacial score (nSPS) is 19.5. The maximum atomic E-state index is 10.7. The summed E-state index contributed by atoms with van der Waals surface area (Å²) >= 11 is 0. The monoisotopic (exact) mass is 218 g/mol. The summed E-state index contributed by atoms with van der Waals surface area (Å²) in [5, 5.41) is 10.7. The van der Waals surface area contributed by atoms with Crippen molar-refractivity contribution in [1.29, 1.82) is 0 Å². The summed E-state index contributed by atoms with van der Waals surface area (Å²) in [5.74, 6) is 0.538. The molecule has 0 amide bonds. The summed E-state index contributed by atoms with van der Waals surface area (Å²) in [6, 6.07) is 6.38. The van der Waals surface area contributed by atoms with E-state index in [4.69, 9.17) is 0 Å². The molecule has 1 fully saturated rings. The van der Waals surface area contributed by atoms with Crippen LogP contribution in [0.4, 0.5) is 0 Å². The molecule has 0 bridgehead atoms. The molecule has 1 heteroatoms. The summed E-state index contributed by atoms with van der Waals surface area (Å²) in [4.78, 5) is 0. The first-order valence-electron chi connectivity index (χ1n) is 6.34. The maximum absolute atomic E-state index is 10.7. The average Bonchev–Trinajstić information content (AvgIpc) is 3.07. The van der Waals surface area contributed by atoms with Gasteiger partial charge in [0.25, 0.3) is 0 Å². The highest BCUT2D eigenvalue weighted by Crippen LogP contribution is 2.43. The Hall–Kier alpha value is -0.820. The predicted molar refractivity (Wildman–Crippen MR) is 67.6 cm³/mol. The molecule has 1 N–H and O–H groups in total. The second-order valence-electron chi connectivity index (χ2n) is 5.28. The van der Waals surface area contributed by atoms with Crippen molar-refractivity contribution in [2.24, 2.45) is 5.92 Å². The van der Waals surface area contributed by atoms with Crippen LogP contribution in [0.1, 0.15) is 42.9 Å². The molecule has 1 saturated carbocycles. The smallest absolute Gasteiger partial charge is 0.0713 e. The van der Waals surface area contributed by atoms with Gasteiger partial charge in [-0.15, -0.1) is 0 Å². The lowest BCUT2D eigenvalue weighted by Crippen LogP contribution is -2.33. The highest BCUT2D eigenvalue weighted by molar-refractivity contribution is 5.35. The van der Waals surface area contributed by atoms with Gasteiger partial charge >= 0.3 is 0 Å². The van der Waals surface area contributed by atoms with Crippen LogP contribution in [0.3, 0.4) is 0 Å². The molecule has 2 rings (SSSR count). The predicted octanol–water partition coefficient (Wildman–Crippen LogP) is 3.40. The van der Waals surface area contributed by atoms with Crippen LogP contribution in [0.25, 0.3) is 0 Å². The molecule has 0 aromatic heterocycles. The number of aliphatic hydroxyl groups is 1. The molecule has 0 radical (unpaired) electrons. The molecule has 1 aliphatic rings. The fourth-order valence-corrected chi connectivity index (χ4v) is 2.61. The lowest BCUT2D eigenvalue weighted by atomic mass is 9.84. The van der Waals surface area contributed by atoms with Crippen LogP contribution in [0, 0.1) is 19.8 Å². The van der Waals surface area contributed by atoms with Gasteiger partial charge < -0.3 is 5.11 Å². The Morgan fingerprint density at radius 1 is 1.25 bits per heavy atom. The molecule has 0 heterocycles. The van der Waals surface area contributed by atoms with Crippen molar-refractivity contribution >= 4 is 0 Å². The van der Waals surface area contributed by atoms with Crippen LogP contribution in [0.15, 0.2) is 18.2 Å². The lowest BCUT2D eigenvalue weighted by Gasteiger charge is -2.28. The SMILES string of the molecule is CCC(O)(Cc1c(C)cccc1C)C1CC1. The van der Waals surface area contributed by atoms with Crippen molar-refractivity contribution in [3.05, 3.63) is 34.9 Å². The Balaban J connectivity index is 2.25. The molecule has 16 heavy (non-hydrogen) atoms. The quantitative estimate of drug-likeness (QED) is 0.821. The van der Waals surface area contributed by atoms with Gasteiger partial charge in [-0.25, -0.2) is 0 Å². The average molecular weight is 218 g/mol. The van der Waals surface area contributed by atoms with E-state index in [2.05, 4.69) is 39.0 Å². The van der Waals surface area contributed by atoms with Gasteiger partial charge in [0, 0.05) is 6.42 Å². The zero-order valence-corrected chi connectivity index (χ0v) is 10.6. The fourth-order valence-electron chi connectivity index (χ4n) is 2.61. The van der Waals surface area contributed by atoms with Crippen LogP contribution < -0.4 is 0 Å². The number of aryl methyl sites for hydroxylation is 2. The minimum atomic E-state index is -0.461. The van der Waals surface area contributed by atoms with Gasteiger partial charge in [0.15, 0.2) is 0 Å². The molecule has 0 spiro atoms. The van der Waals surface area contributed by atoms with Crippen molar-refractivity contribution in [3.8, 4) is 0 Å². The van der Waals surface area contributed by atoms with Crippen molar-refractivity contribution in [2.75, 3.05) is 0 Å². The summed E-state index contributed by atoms with van der Waals surface area (Å²) < 4.78 is 0. The third kappa shape index (κ3) is 2.15. The van der Waals surface area contributed by atoms with E-state index in [0.717, 1.165) is 12.8 Å². The van der Waals surface area contributed by atoms with E-state index in [-0.39, 0.29) is 0 Å². The van der Waals surface area contributed by atoms with E-state index < -0.39 is 5.60 Å². The van der Waals surface area contributed by atoms with Crippen LogP contribution in [0.5, 0.6) is 0 Å². The second-order valence-corrected chi connectivity index (χ2v) is 5.28. The molecule has 0 saturated heterocycles. The van der Waals surface area contributed by atoms with Crippen LogP contribution in [-0.2, 0) is 6.42 Å². The first kappa shape index (κ1) is 11.7. The number of hydrogen-bond acceptors (Lipinski definition) is 1. The molecule has 1 nitrogen and oxygen atoms in total. The maximum Gasteiger partial charge on any atom is 0.0713 e. The Morgan fingerprint density at radius 3 is 2.25 bits per heavy atom. The van der Waals surface area contributed by atoms with Gasteiger partial charge in [-0.2, -0.15) is 0 Å². The van der Waals surface area contributed by atoms with Crippen molar-refractivity contribution in [2.45, 2.75) is 52.1 Å². The molecule has 1 aromatic carbocycles. The van der Waals surface area contributed by atoms with Gasteiger partial charge in [0.1, 0.15) is 0 Å². The third-order valence-corrected chi connectivity index (χ3v) is 4.08. The van der Waals surface area contributed by atoms with E-state index in [0.29, 0.717) is 5.92 Å². The van der Waals surface area contributed by atoms with Gasteiger partial charge in [-0.05, 0) is 55.7 Å². The highest BCUT2D eigenvalue weighted by atomic mass is 16.3.